The maximum Gasteiger partial charge on any atom is 0.258 e. The van der Waals surface area contributed by atoms with Crippen molar-refractivity contribution >= 4 is 87.4 Å². The molecule has 0 aliphatic carbocycles. The Labute approximate surface area is 223 Å². The number of halogens is 4. The summed E-state index contributed by atoms with van der Waals surface area (Å²) in [5.74, 6) is -0.273. The second-order valence-electron chi connectivity index (χ2n) is 7.82. The molecular formula is C24H21Cl4N5O2. The number of nitrogens with zero attached hydrogens (tertiary/aromatic N) is 2. The molecule has 11 heteroatoms. The summed E-state index contributed by atoms with van der Waals surface area (Å²) in [5.41, 5.74) is 3.29. The smallest absolute Gasteiger partial charge is 0.258 e. The number of carbonyl (C=O) groups is 2. The molecule has 7 nitrogen and oxygen atoms in total. The van der Waals surface area contributed by atoms with Gasteiger partial charge in [0.15, 0.2) is 0 Å². The molecule has 3 N–H and O–H groups in total. The van der Waals surface area contributed by atoms with Crippen molar-refractivity contribution < 1.29 is 9.59 Å². The van der Waals surface area contributed by atoms with Crippen molar-refractivity contribution in [2.24, 2.45) is 0 Å². The van der Waals surface area contributed by atoms with Crippen LogP contribution in [0.3, 0.4) is 0 Å². The van der Waals surface area contributed by atoms with E-state index in [4.69, 9.17) is 34.8 Å². The van der Waals surface area contributed by atoms with Crippen LogP contribution in [0.2, 0.25) is 15.1 Å². The quantitative estimate of drug-likeness (QED) is 0.253. The van der Waals surface area contributed by atoms with Crippen LogP contribution >= 0.6 is 47.2 Å². The molecule has 4 aromatic rings. The number of amides is 2. The second kappa shape index (κ2) is 10.7. The Morgan fingerprint density at radius 1 is 0.914 bits per heavy atom. The maximum atomic E-state index is 13.3. The van der Waals surface area contributed by atoms with Crippen LogP contribution in [0.4, 0.5) is 17.3 Å². The average Bonchev–Trinajstić information content (AvgIpc) is 3.20. The first kappa shape index (κ1) is 26.6. The van der Waals surface area contributed by atoms with Gasteiger partial charge in [-0.3, -0.25) is 9.59 Å². The minimum absolute atomic E-state index is 0. The van der Waals surface area contributed by atoms with Gasteiger partial charge in [0.05, 0.1) is 21.7 Å². The molecule has 0 aliphatic heterocycles. The zero-order valence-corrected chi connectivity index (χ0v) is 22.0. The number of aromatic nitrogens is 2. The molecular weight excluding hydrogens is 532 g/mol. The van der Waals surface area contributed by atoms with E-state index >= 15 is 0 Å². The fourth-order valence-electron chi connectivity index (χ4n) is 3.37. The van der Waals surface area contributed by atoms with Gasteiger partial charge >= 0.3 is 0 Å². The van der Waals surface area contributed by atoms with E-state index in [1.807, 2.05) is 21.0 Å². The highest BCUT2D eigenvalue weighted by Gasteiger charge is 2.19. The molecule has 0 saturated heterocycles. The summed E-state index contributed by atoms with van der Waals surface area (Å²) in [6, 6.07) is 13.2. The summed E-state index contributed by atoms with van der Waals surface area (Å²) in [6.07, 6.45) is 0. The number of benzene rings is 3. The third-order valence-corrected chi connectivity index (χ3v) is 6.15. The highest BCUT2D eigenvalue weighted by Crippen LogP contribution is 2.29. The molecule has 4 rings (SSSR count). The zero-order chi connectivity index (χ0) is 24.6. The van der Waals surface area contributed by atoms with E-state index in [2.05, 4.69) is 20.6 Å². The third-order valence-electron chi connectivity index (χ3n) is 5.19. The number of imidazole rings is 1. The molecule has 0 bridgehead atoms. The summed E-state index contributed by atoms with van der Waals surface area (Å²) < 4.78 is 0. The van der Waals surface area contributed by atoms with Gasteiger partial charge in [-0.05, 0) is 55.0 Å². The lowest BCUT2D eigenvalue weighted by atomic mass is 10.1. The SMILES string of the molecule is Cc1c(Cl)cccc1NC(=O)c1cc(NC(=O)c2ccc(Cl)cc2Cl)cc2[nH]c(N(C)C)nc12.Cl. The number of hydrogen-bond donors (Lipinski definition) is 3. The Balaban J connectivity index is 0.00000342. The van der Waals surface area contributed by atoms with Crippen LogP contribution in [0.15, 0.2) is 48.5 Å². The van der Waals surface area contributed by atoms with Gasteiger partial charge in [0.2, 0.25) is 5.95 Å². The standard InChI is InChI=1S/C24H20Cl3N5O2.ClH/c1-12-17(26)5-4-6-19(12)29-23(34)16-10-14(11-20-21(16)31-24(30-20)32(2)3)28-22(33)15-8-7-13(25)9-18(15)27;/h4-11H,1-3H3,(H,28,33)(H,29,34)(H,30,31);1H. The number of fused-ring (bicyclic) bond motifs is 1. The fraction of sp³-hybridized carbons (Fsp3) is 0.125. The van der Waals surface area contributed by atoms with E-state index in [1.165, 1.54) is 12.1 Å². The monoisotopic (exact) mass is 551 g/mol. The van der Waals surface area contributed by atoms with E-state index in [1.54, 1.807) is 41.3 Å². The summed E-state index contributed by atoms with van der Waals surface area (Å²) in [6.45, 7) is 1.82. The average molecular weight is 553 g/mol. The van der Waals surface area contributed by atoms with Crippen LogP contribution in [0.1, 0.15) is 26.3 Å². The van der Waals surface area contributed by atoms with Gasteiger partial charge in [0.1, 0.15) is 5.52 Å². The van der Waals surface area contributed by atoms with Gasteiger partial charge in [0, 0.05) is 35.5 Å². The summed E-state index contributed by atoms with van der Waals surface area (Å²) in [4.78, 5) is 35.7. The van der Waals surface area contributed by atoms with Crippen molar-refractivity contribution in [2.45, 2.75) is 6.92 Å². The van der Waals surface area contributed by atoms with Crippen molar-refractivity contribution in [1.29, 1.82) is 0 Å². The number of carbonyl (C=O) groups excluding carboxylic acids is 2. The molecule has 0 saturated carbocycles. The predicted molar refractivity (Wildman–Crippen MR) is 146 cm³/mol. The zero-order valence-electron chi connectivity index (χ0n) is 18.9. The van der Waals surface area contributed by atoms with Crippen molar-refractivity contribution in [2.75, 3.05) is 29.6 Å². The topological polar surface area (TPSA) is 90.1 Å². The Morgan fingerprint density at radius 3 is 2.31 bits per heavy atom. The maximum absolute atomic E-state index is 13.3. The Bertz CT molecular complexity index is 1440. The molecule has 1 aromatic heterocycles. The van der Waals surface area contributed by atoms with Gasteiger partial charge < -0.3 is 20.5 Å². The first-order valence-electron chi connectivity index (χ1n) is 10.2. The Morgan fingerprint density at radius 2 is 1.63 bits per heavy atom. The highest BCUT2D eigenvalue weighted by atomic mass is 35.5. The summed E-state index contributed by atoms with van der Waals surface area (Å²) in [5, 5.41) is 6.87. The molecule has 3 aromatic carbocycles. The third kappa shape index (κ3) is 5.65. The van der Waals surface area contributed by atoms with E-state index < -0.39 is 11.8 Å². The molecule has 0 atom stereocenters. The van der Waals surface area contributed by atoms with Crippen LogP contribution in [-0.2, 0) is 0 Å². The number of H-pyrrole nitrogens is 1. The van der Waals surface area contributed by atoms with Crippen molar-refractivity contribution in [3.63, 3.8) is 0 Å². The first-order chi connectivity index (χ1) is 16.1. The molecule has 182 valence electrons. The normalized spacial score (nSPS) is 10.6. The van der Waals surface area contributed by atoms with Gasteiger partial charge in [-0.1, -0.05) is 40.9 Å². The largest absolute Gasteiger partial charge is 0.349 e. The van der Waals surface area contributed by atoms with Crippen LogP contribution in [0.5, 0.6) is 0 Å². The molecule has 0 unspecified atom stereocenters. The number of anilines is 3. The molecule has 0 fully saturated rings. The van der Waals surface area contributed by atoms with E-state index in [-0.39, 0.29) is 28.6 Å². The lowest BCUT2D eigenvalue weighted by Gasteiger charge is -2.12. The number of nitrogens with one attached hydrogen (secondary N) is 3. The van der Waals surface area contributed by atoms with Crippen LogP contribution in [0, 0.1) is 6.92 Å². The minimum atomic E-state index is -0.439. The summed E-state index contributed by atoms with van der Waals surface area (Å²) in [7, 11) is 3.66. The number of rotatable bonds is 5. The molecule has 2 amide bonds. The molecule has 35 heavy (non-hydrogen) atoms. The van der Waals surface area contributed by atoms with Crippen LogP contribution in [-0.4, -0.2) is 35.9 Å². The molecule has 0 spiro atoms. The lowest BCUT2D eigenvalue weighted by Crippen LogP contribution is -2.16. The second-order valence-corrected chi connectivity index (χ2v) is 9.07. The first-order valence-corrected chi connectivity index (χ1v) is 11.3. The Kier molecular flexibility index (Phi) is 8.18. The van der Waals surface area contributed by atoms with Crippen LogP contribution < -0.4 is 15.5 Å². The number of hydrogen-bond acceptors (Lipinski definition) is 4. The molecule has 1 heterocycles. The van der Waals surface area contributed by atoms with Crippen molar-refractivity contribution in [3.8, 4) is 0 Å². The fourth-order valence-corrected chi connectivity index (χ4v) is 4.04. The van der Waals surface area contributed by atoms with Crippen molar-refractivity contribution in [1.82, 2.24) is 9.97 Å². The lowest BCUT2D eigenvalue weighted by molar-refractivity contribution is 0.101. The number of aromatic amines is 1. The van der Waals surface area contributed by atoms with E-state index in [9.17, 15) is 9.59 Å². The van der Waals surface area contributed by atoms with E-state index in [0.29, 0.717) is 38.4 Å². The van der Waals surface area contributed by atoms with Gasteiger partial charge in [-0.15, -0.1) is 12.4 Å². The van der Waals surface area contributed by atoms with Crippen LogP contribution in [0.25, 0.3) is 11.0 Å². The van der Waals surface area contributed by atoms with E-state index in [0.717, 1.165) is 5.56 Å². The Hall–Kier alpha value is -2.97. The predicted octanol–water partition coefficient (Wildman–Crippen LogP) is 6.82. The van der Waals surface area contributed by atoms with Gasteiger partial charge in [-0.25, -0.2) is 4.98 Å². The molecule has 0 aliphatic rings. The van der Waals surface area contributed by atoms with Gasteiger partial charge in [0.25, 0.3) is 11.8 Å². The summed E-state index contributed by atoms with van der Waals surface area (Å²) >= 11 is 18.3. The van der Waals surface area contributed by atoms with Crippen molar-refractivity contribution in [3.05, 3.63) is 80.3 Å². The molecule has 0 radical (unpaired) electrons. The van der Waals surface area contributed by atoms with Gasteiger partial charge in [-0.2, -0.15) is 0 Å². The minimum Gasteiger partial charge on any atom is -0.349 e. The highest BCUT2D eigenvalue weighted by molar-refractivity contribution is 6.37.